The highest BCUT2D eigenvalue weighted by atomic mass is 32.2. The average molecular weight is 410 g/mol. The van der Waals surface area contributed by atoms with Crippen molar-refractivity contribution >= 4 is 27.2 Å². The Labute approximate surface area is 172 Å². The van der Waals surface area contributed by atoms with Crippen LogP contribution in [-0.2, 0) is 15.5 Å². The number of rotatable bonds is 6. The lowest BCUT2D eigenvalue weighted by atomic mass is 9.81. The number of anilines is 1. The minimum atomic E-state index is -4.23. The van der Waals surface area contributed by atoms with Gasteiger partial charge in [0.15, 0.2) is 5.71 Å². The molecule has 2 aromatic rings. The molecule has 0 bridgehead atoms. The maximum atomic E-state index is 11.5. The Morgan fingerprint density at radius 2 is 1.69 bits per heavy atom. The third-order valence-electron chi connectivity index (χ3n) is 5.01. The second-order valence-electron chi connectivity index (χ2n) is 7.34. The Balaban J connectivity index is 1.72. The Hall–Kier alpha value is -2.96. The van der Waals surface area contributed by atoms with Gasteiger partial charge in [0.2, 0.25) is 5.69 Å². The highest BCUT2D eigenvalue weighted by Gasteiger charge is 2.43. The van der Waals surface area contributed by atoms with Crippen LogP contribution in [-0.4, -0.2) is 30.3 Å². The van der Waals surface area contributed by atoms with E-state index in [4.69, 9.17) is 0 Å². The first-order valence-electron chi connectivity index (χ1n) is 9.26. The van der Waals surface area contributed by atoms with Crippen molar-refractivity contribution in [3.63, 3.8) is 0 Å². The normalized spacial score (nSPS) is 16.3. The van der Waals surface area contributed by atoms with Gasteiger partial charge < -0.3 is 5.32 Å². The molecule has 150 valence electrons. The van der Waals surface area contributed by atoms with Gasteiger partial charge in [0, 0.05) is 29.6 Å². The lowest BCUT2D eigenvalue weighted by Gasteiger charge is -2.15. The van der Waals surface area contributed by atoms with Crippen LogP contribution < -0.4 is 5.32 Å². The van der Waals surface area contributed by atoms with Crippen molar-refractivity contribution in [2.45, 2.75) is 24.2 Å². The van der Waals surface area contributed by atoms with Crippen molar-refractivity contribution in [3.05, 3.63) is 90.7 Å². The lowest BCUT2D eigenvalue weighted by Crippen LogP contribution is -2.26. The van der Waals surface area contributed by atoms with Gasteiger partial charge in [-0.25, -0.2) is 0 Å². The monoisotopic (exact) mass is 409 g/mol. The first kappa shape index (κ1) is 20.8. The number of hydrogen-bond acceptors (Lipinski definition) is 3. The van der Waals surface area contributed by atoms with E-state index in [0.717, 1.165) is 22.6 Å². The number of nitrogens with zero attached hydrogens (tertiary/aromatic N) is 1. The number of para-hydroxylation sites is 1. The molecule has 0 radical (unpaired) electrons. The van der Waals surface area contributed by atoms with E-state index in [2.05, 4.69) is 5.32 Å². The lowest BCUT2D eigenvalue weighted by molar-refractivity contribution is -0.401. The quantitative estimate of drug-likeness (QED) is 0.413. The minimum absolute atomic E-state index is 0.0843. The molecule has 1 heterocycles. The SMILES string of the molecule is C[N+]1=C(C=CC=CC=CNc2ccccc2)C(C)(C)c2cc(S(=O)(=O)O)ccc21. The van der Waals surface area contributed by atoms with Crippen LogP contribution in [0.5, 0.6) is 0 Å². The number of fused-ring (bicyclic) bond motifs is 1. The average Bonchev–Trinajstić information content (AvgIpc) is 2.87. The molecule has 5 nitrogen and oxygen atoms in total. The first-order chi connectivity index (χ1) is 13.7. The molecule has 2 N–H and O–H groups in total. The summed E-state index contributed by atoms with van der Waals surface area (Å²) in [6.45, 7) is 4.08. The molecule has 0 saturated carbocycles. The molecule has 0 amide bonds. The zero-order valence-corrected chi connectivity index (χ0v) is 17.5. The fraction of sp³-hybridized carbons (Fsp3) is 0.174. The van der Waals surface area contributed by atoms with E-state index in [1.807, 2.05) is 92.4 Å². The van der Waals surface area contributed by atoms with Crippen molar-refractivity contribution in [1.82, 2.24) is 0 Å². The number of hydrogen-bond donors (Lipinski definition) is 2. The second kappa shape index (κ2) is 8.19. The predicted octanol–water partition coefficient (Wildman–Crippen LogP) is 4.68. The molecule has 29 heavy (non-hydrogen) atoms. The van der Waals surface area contributed by atoms with Crippen LogP contribution in [0.3, 0.4) is 0 Å². The van der Waals surface area contributed by atoms with Gasteiger partial charge in [-0.3, -0.25) is 4.55 Å². The van der Waals surface area contributed by atoms with E-state index < -0.39 is 10.1 Å². The van der Waals surface area contributed by atoms with Gasteiger partial charge in [0.25, 0.3) is 10.1 Å². The summed E-state index contributed by atoms with van der Waals surface area (Å²) in [7, 11) is -2.28. The maximum Gasteiger partial charge on any atom is 0.294 e. The van der Waals surface area contributed by atoms with E-state index in [0.29, 0.717) is 0 Å². The molecule has 0 unspecified atom stereocenters. The van der Waals surface area contributed by atoms with Gasteiger partial charge in [-0.1, -0.05) is 36.4 Å². The number of benzene rings is 2. The second-order valence-corrected chi connectivity index (χ2v) is 8.76. The van der Waals surface area contributed by atoms with E-state index in [9.17, 15) is 13.0 Å². The van der Waals surface area contributed by atoms with Gasteiger partial charge in [-0.2, -0.15) is 13.0 Å². The van der Waals surface area contributed by atoms with Crippen LogP contribution in [0.2, 0.25) is 0 Å². The Kier molecular flexibility index (Phi) is 5.86. The molecule has 6 heteroatoms. The Bertz CT molecular complexity index is 1130. The summed E-state index contributed by atoms with van der Waals surface area (Å²) >= 11 is 0. The van der Waals surface area contributed by atoms with Crippen LogP contribution in [0.1, 0.15) is 19.4 Å². The number of allylic oxidation sites excluding steroid dienone is 5. The zero-order chi connectivity index (χ0) is 21.1. The van der Waals surface area contributed by atoms with Crippen LogP contribution >= 0.6 is 0 Å². The molecule has 0 saturated heterocycles. The van der Waals surface area contributed by atoms with Gasteiger partial charge in [0.05, 0.1) is 10.3 Å². The summed E-state index contributed by atoms with van der Waals surface area (Å²) in [5, 5.41) is 3.19. The van der Waals surface area contributed by atoms with E-state index >= 15 is 0 Å². The molecule has 0 aromatic heterocycles. The third-order valence-corrected chi connectivity index (χ3v) is 5.86. The molecule has 0 spiro atoms. The van der Waals surface area contributed by atoms with Gasteiger partial charge in [-0.05, 0) is 44.2 Å². The van der Waals surface area contributed by atoms with E-state index in [1.54, 1.807) is 12.1 Å². The molecular weight excluding hydrogens is 384 g/mol. The topological polar surface area (TPSA) is 69.4 Å². The van der Waals surface area contributed by atoms with Crippen molar-refractivity contribution in [2.24, 2.45) is 0 Å². The highest BCUT2D eigenvalue weighted by Crippen LogP contribution is 2.40. The maximum absolute atomic E-state index is 11.5. The molecule has 2 aromatic carbocycles. The smallest absolute Gasteiger partial charge is 0.294 e. The van der Waals surface area contributed by atoms with Crippen LogP contribution in [0, 0.1) is 0 Å². The van der Waals surface area contributed by atoms with Gasteiger partial charge >= 0.3 is 0 Å². The van der Waals surface area contributed by atoms with Crippen molar-refractivity contribution in [2.75, 3.05) is 12.4 Å². The molecule has 3 rings (SSSR count). The largest absolute Gasteiger partial charge is 0.362 e. The molecular formula is C23H25N2O3S+. The fourth-order valence-corrected chi connectivity index (χ4v) is 3.99. The van der Waals surface area contributed by atoms with Crippen LogP contribution in [0.4, 0.5) is 11.4 Å². The molecule has 1 aliphatic rings. The zero-order valence-electron chi connectivity index (χ0n) is 16.7. The summed E-state index contributed by atoms with van der Waals surface area (Å²) < 4.78 is 34.4. The van der Waals surface area contributed by atoms with Gasteiger partial charge in [0.1, 0.15) is 7.05 Å². The van der Waals surface area contributed by atoms with Crippen molar-refractivity contribution < 1.29 is 17.5 Å². The van der Waals surface area contributed by atoms with Crippen molar-refractivity contribution in [3.8, 4) is 0 Å². The third kappa shape index (κ3) is 4.55. The molecule has 0 aliphatic carbocycles. The first-order valence-corrected chi connectivity index (χ1v) is 10.7. The summed E-state index contributed by atoms with van der Waals surface area (Å²) in [5.74, 6) is 0. The predicted molar refractivity (Wildman–Crippen MR) is 118 cm³/mol. The van der Waals surface area contributed by atoms with Crippen LogP contribution in [0.15, 0.2) is 90.0 Å². The van der Waals surface area contributed by atoms with Gasteiger partial charge in [-0.15, -0.1) is 0 Å². The summed E-state index contributed by atoms with van der Waals surface area (Å²) in [6.07, 6.45) is 11.6. The summed E-state index contributed by atoms with van der Waals surface area (Å²) in [6, 6.07) is 14.6. The summed E-state index contributed by atoms with van der Waals surface area (Å²) in [5.41, 5.74) is 3.47. The van der Waals surface area contributed by atoms with E-state index in [1.165, 1.54) is 6.07 Å². The molecule has 1 aliphatic heterocycles. The minimum Gasteiger partial charge on any atom is -0.362 e. The Morgan fingerprint density at radius 3 is 2.38 bits per heavy atom. The van der Waals surface area contributed by atoms with Crippen LogP contribution in [0.25, 0.3) is 0 Å². The fourth-order valence-electron chi connectivity index (χ4n) is 3.49. The number of nitrogens with one attached hydrogen (secondary N) is 1. The molecule has 0 fully saturated rings. The highest BCUT2D eigenvalue weighted by molar-refractivity contribution is 7.85. The molecule has 0 atom stereocenters. The van der Waals surface area contributed by atoms with E-state index in [-0.39, 0.29) is 10.3 Å². The van der Waals surface area contributed by atoms with Crippen molar-refractivity contribution in [1.29, 1.82) is 0 Å². The standard InChI is InChI=1S/C23H24N2O3S/c1-23(2)20-17-19(29(26,27)28)14-15-21(20)25(3)22(23)13-9-4-5-10-16-24-18-11-7-6-8-12-18/h4-17H,1-3H3,(H,26,27,28)/p+1. The summed E-state index contributed by atoms with van der Waals surface area (Å²) in [4.78, 5) is -0.0843. The Morgan fingerprint density at radius 1 is 1.00 bits per heavy atom.